The fourth-order valence-electron chi connectivity index (χ4n) is 2.89. The number of carbonyl (C=O) groups is 1. The van der Waals surface area contributed by atoms with Crippen LogP contribution in [0.3, 0.4) is 0 Å². The van der Waals surface area contributed by atoms with E-state index in [1.165, 1.54) is 45.5 Å². The zero-order valence-electron chi connectivity index (χ0n) is 14.7. The van der Waals surface area contributed by atoms with Gasteiger partial charge < -0.3 is 5.32 Å². The number of likely N-dealkylation sites (tertiary alicyclic amines) is 1. The SMILES string of the molecule is CC1CCCCN1CCNC(=O)c1ccc(S(=O)(=O)N(C)C)cc1. The Hall–Kier alpha value is -1.44. The lowest BCUT2D eigenvalue weighted by Gasteiger charge is -2.33. The third-order valence-corrected chi connectivity index (χ3v) is 6.35. The minimum absolute atomic E-state index is 0.173. The third-order valence-electron chi connectivity index (χ3n) is 4.52. The molecule has 1 aliphatic heterocycles. The van der Waals surface area contributed by atoms with E-state index in [1.54, 1.807) is 12.1 Å². The summed E-state index contributed by atoms with van der Waals surface area (Å²) in [6.45, 7) is 4.76. The molecular formula is C17H27N3O3S. The Morgan fingerprint density at radius 1 is 1.25 bits per heavy atom. The maximum absolute atomic E-state index is 12.2. The van der Waals surface area contributed by atoms with Gasteiger partial charge >= 0.3 is 0 Å². The quantitative estimate of drug-likeness (QED) is 0.842. The summed E-state index contributed by atoms with van der Waals surface area (Å²) >= 11 is 0. The van der Waals surface area contributed by atoms with Crippen LogP contribution in [-0.4, -0.2) is 63.3 Å². The van der Waals surface area contributed by atoms with E-state index in [4.69, 9.17) is 0 Å². The molecule has 0 aliphatic carbocycles. The molecule has 0 radical (unpaired) electrons. The van der Waals surface area contributed by atoms with Gasteiger partial charge in [0.25, 0.3) is 5.91 Å². The van der Waals surface area contributed by atoms with Crippen molar-refractivity contribution in [2.24, 2.45) is 0 Å². The van der Waals surface area contributed by atoms with Gasteiger partial charge in [-0.25, -0.2) is 12.7 Å². The zero-order chi connectivity index (χ0) is 17.7. The van der Waals surface area contributed by atoms with Crippen LogP contribution in [0.2, 0.25) is 0 Å². The van der Waals surface area contributed by atoms with E-state index >= 15 is 0 Å². The maximum Gasteiger partial charge on any atom is 0.251 e. The lowest BCUT2D eigenvalue weighted by atomic mass is 10.0. The number of nitrogens with one attached hydrogen (secondary N) is 1. The first-order chi connectivity index (χ1) is 11.3. The summed E-state index contributed by atoms with van der Waals surface area (Å²) in [6, 6.07) is 6.62. The highest BCUT2D eigenvalue weighted by atomic mass is 32.2. The number of hydrogen-bond acceptors (Lipinski definition) is 4. The van der Waals surface area contributed by atoms with Gasteiger partial charge in [-0.3, -0.25) is 9.69 Å². The van der Waals surface area contributed by atoms with Crippen molar-refractivity contribution < 1.29 is 13.2 Å². The van der Waals surface area contributed by atoms with Crippen molar-refractivity contribution in [3.05, 3.63) is 29.8 Å². The van der Waals surface area contributed by atoms with Gasteiger partial charge in [-0.05, 0) is 50.6 Å². The van der Waals surface area contributed by atoms with Gasteiger partial charge in [-0.1, -0.05) is 6.42 Å². The highest BCUT2D eigenvalue weighted by molar-refractivity contribution is 7.89. The number of hydrogen-bond donors (Lipinski definition) is 1. The zero-order valence-corrected chi connectivity index (χ0v) is 15.5. The van der Waals surface area contributed by atoms with E-state index in [1.807, 2.05) is 0 Å². The van der Waals surface area contributed by atoms with Crippen LogP contribution in [-0.2, 0) is 10.0 Å². The Balaban J connectivity index is 1.89. The van der Waals surface area contributed by atoms with Crippen LogP contribution in [0, 0.1) is 0 Å². The van der Waals surface area contributed by atoms with Crippen LogP contribution in [0.1, 0.15) is 36.5 Å². The number of rotatable bonds is 6. The summed E-state index contributed by atoms with van der Waals surface area (Å²) in [7, 11) is -0.495. The Bertz CT molecular complexity index is 656. The van der Waals surface area contributed by atoms with Crippen molar-refractivity contribution in [1.29, 1.82) is 0 Å². The Morgan fingerprint density at radius 3 is 2.50 bits per heavy atom. The van der Waals surface area contributed by atoms with E-state index in [0.29, 0.717) is 18.2 Å². The van der Waals surface area contributed by atoms with Gasteiger partial charge in [-0.2, -0.15) is 0 Å². The summed E-state index contributed by atoms with van der Waals surface area (Å²) in [5.41, 5.74) is 0.472. The molecule has 1 saturated heterocycles. The molecule has 0 spiro atoms. The second-order valence-electron chi connectivity index (χ2n) is 6.45. The van der Waals surface area contributed by atoms with Crippen molar-refractivity contribution in [2.45, 2.75) is 37.1 Å². The van der Waals surface area contributed by atoms with E-state index in [0.717, 1.165) is 17.4 Å². The molecule has 1 aliphatic rings. The molecule has 1 amide bonds. The fraction of sp³-hybridized carbons (Fsp3) is 0.588. The Kier molecular flexibility index (Phi) is 6.37. The summed E-state index contributed by atoms with van der Waals surface area (Å²) < 4.78 is 25.2. The van der Waals surface area contributed by atoms with Gasteiger partial charge in [0.15, 0.2) is 0 Å². The topological polar surface area (TPSA) is 69.7 Å². The minimum atomic E-state index is -3.46. The van der Waals surface area contributed by atoms with Crippen molar-refractivity contribution >= 4 is 15.9 Å². The molecule has 0 aromatic heterocycles. The number of amides is 1. The van der Waals surface area contributed by atoms with Crippen LogP contribution >= 0.6 is 0 Å². The molecule has 1 atom stereocenters. The first-order valence-electron chi connectivity index (χ1n) is 8.37. The van der Waals surface area contributed by atoms with Crippen LogP contribution in [0.25, 0.3) is 0 Å². The number of carbonyl (C=O) groups excluding carboxylic acids is 1. The predicted molar refractivity (Wildman–Crippen MR) is 94.5 cm³/mol. The number of sulfonamides is 1. The van der Waals surface area contributed by atoms with Crippen molar-refractivity contribution in [1.82, 2.24) is 14.5 Å². The summed E-state index contributed by atoms with van der Waals surface area (Å²) in [4.78, 5) is 14.8. The van der Waals surface area contributed by atoms with Gasteiger partial charge in [0.2, 0.25) is 10.0 Å². The molecular weight excluding hydrogens is 326 g/mol. The van der Waals surface area contributed by atoms with Gasteiger partial charge in [0.1, 0.15) is 0 Å². The second-order valence-corrected chi connectivity index (χ2v) is 8.60. The summed E-state index contributed by atoms with van der Waals surface area (Å²) in [6.07, 6.45) is 3.72. The van der Waals surface area contributed by atoms with E-state index in [-0.39, 0.29) is 10.8 Å². The highest BCUT2D eigenvalue weighted by Gasteiger charge is 2.19. The molecule has 24 heavy (non-hydrogen) atoms. The van der Waals surface area contributed by atoms with Crippen molar-refractivity contribution in [3.63, 3.8) is 0 Å². The fourth-order valence-corrected chi connectivity index (χ4v) is 3.80. The molecule has 134 valence electrons. The standard InChI is InChI=1S/C17H27N3O3S/c1-14-6-4-5-12-20(14)13-11-18-17(21)15-7-9-16(10-8-15)24(22,23)19(2)3/h7-10,14H,4-6,11-13H2,1-3H3,(H,18,21). The lowest BCUT2D eigenvalue weighted by Crippen LogP contribution is -2.42. The number of piperidine rings is 1. The molecule has 1 heterocycles. The van der Waals surface area contributed by atoms with Crippen LogP contribution in [0.4, 0.5) is 0 Å². The molecule has 6 nitrogen and oxygen atoms in total. The number of benzene rings is 1. The third kappa shape index (κ3) is 4.55. The smallest absolute Gasteiger partial charge is 0.251 e. The highest BCUT2D eigenvalue weighted by Crippen LogP contribution is 2.16. The lowest BCUT2D eigenvalue weighted by molar-refractivity contribution is 0.0938. The average molecular weight is 353 g/mol. The van der Waals surface area contributed by atoms with Crippen LogP contribution < -0.4 is 5.32 Å². The first-order valence-corrected chi connectivity index (χ1v) is 9.81. The first kappa shape index (κ1) is 18.9. The molecule has 0 saturated carbocycles. The largest absolute Gasteiger partial charge is 0.351 e. The second kappa shape index (κ2) is 8.09. The van der Waals surface area contributed by atoms with Gasteiger partial charge in [-0.15, -0.1) is 0 Å². The molecule has 1 aromatic carbocycles. The Labute approximate surface area is 144 Å². The normalized spacial score (nSPS) is 19.4. The maximum atomic E-state index is 12.2. The Morgan fingerprint density at radius 2 is 1.92 bits per heavy atom. The van der Waals surface area contributed by atoms with Crippen molar-refractivity contribution in [3.8, 4) is 0 Å². The molecule has 0 bridgehead atoms. The van der Waals surface area contributed by atoms with E-state index < -0.39 is 10.0 Å². The summed E-state index contributed by atoms with van der Waals surface area (Å²) in [5.74, 6) is -0.173. The molecule has 1 fully saturated rings. The van der Waals surface area contributed by atoms with E-state index in [9.17, 15) is 13.2 Å². The van der Waals surface area contributed by atoms with Crippen molar-refractivity contribution in [2.75, 3.05) is 33.7 Å². The molecule has 1 unspecified atom stereocenters. The molecule has 1 N–H and O–H groups in total. The molecule has 7 heteroatoms. The van der Waals surface area contributed by atoms with E-state index in [2.05, 4.69) is 17.1 Å². The predicted octanol–water partition coefficient (Wildman–Crippen LogP) is 1.54. The molecule has 2 rings (SSSR count). The summed E-state index contributed by atoms with van der Waals surface area (Å²) in [5, 5.41) is 2.91. The van der Waals surface area contributed by atoms with Gasteiger partial charge in [0.05, 0.1) is 4.90 Å². The monoisotopic (exact) mass is 353 g/mol. The van der Waals surface area contributed by atoms with Gasteiger partial charge in [0, 0.05) is 38.8 Å². The van der Waals surface area contributed by atoms with Crippen LogP contribution in [0.15, 0.2) is 29.2 Å². The minimum Gasteiger partial charge on any atom is -0.351 e. The number of nitrogens with zero attached hydrogens (tertiary/aromatic N) is 2. The molecule has 1 aromatic rings. The van der Waals surface area contributed by atoms with Crippen LogP contribution in [0.5, 0.6) is 0 Å². The average Bonchev–Trinajstić information content (AvgIpc) is 2.56.